The lowest BCUT2D eigenvalue weighted by atomic mass is 10.1. The molecule has 21 heavy (non-hydrogen) atoms. The molecule has 112 valence electrons. The molecule has 1 unspecified atom stereocenters. The average Bonchev–Trinajstić information content (AvgIpc) is 2.44. The fourth-order valence-corrected chi connectivity index (χ4v) is 3.43. The number of rotatable bonds is 4. The maximum atomic E-state index is 12.5. The summed E-state index contributed by atoms with van der Waals surface area (Å²) in [6, 6.07) is 11.8. The molecular formula is C15H17BrN2O2S. The molecule has 0 heterocycles. The molecule has 0 aliphatic rings. The number of nitrogens with one attached hydrogen (secondary N) is 1. The molecule has 0 radical (unpaired) electrons. The van der Waals surface area contributed by atoms with Crippen LogP contribution in [0.3, 0.4) is 0 Å². The number of halogens is 1. The van der Waals surface area contributed by atoms with Crippen LogP contribution in [-0.2, 0) is 10.0 Å². The van der Waals surface area contributed by atoms with E-state index in [0.29, 0.717) is 5.69 Å². The van der Waals surface area contributed by atoms with Crippen LogP contribution in [0.1, 0.15) is 24.1 Å². The molecule has 0 amide bonds. The zero-order chi connectivity index (χ0) is 15.6. The van der Waals surface area contributed by atoms with E-state index in [1.165, 1.54) is 0 Å². The molecule has 0 saturated heterocycles. The normalized spacial score (nSPS) is 13.0. The molecule has 2 aromatic rings. The van der Waals surface area contributed by atoms with Crippen LogP contribution in [-0.4, -0.2) is 8.42 Å². The average molecular weight is 369 g/mol. The van der Waals surface area contributed by atoms with Gasteiger partial charge in [0.1, 0.15) is 0 Å². The van der Waals surface area contributed by atoms with Crippen molar-refractivity contribution in [1.29, 1.82) is 0 Å². The van der Waals surface area contributed by atoms with Gasteiger partial charge in [-0.3, -0.25) is 4.72 Å². The van der Waals surface area contributed by atoms with Crippen LogP contribution in [0.4, 0.5) is 5.69 Å². The van der Waals surface area contributed by atoms with E-state index in [1.54, 1.807) is 30.3 Å². The fraction of sp³-hybridized carbons (Fsp3) is 0.200. The van der Waals surface area contributed by atoms with Gasteiger partial charge in [0.25, 0.3) is 10.0 Å². The second-order valence-corrected chi connectivity index (χ2v) is 7.42. The molecule has 0 saturated carbocycles. The van der Waals surface area contributed by atoms with Gasteiger partial charge in [-0.2, -0.15) is 0 Å². The SMILES string of the molecule is Cc1c(Br)cccc1NS(=O)(=O)c1cccc(C(C)N)c1. The minimum absolute atomic E-state index is 0.205. The van der Waals surface area contributed by atoms with Gasteiger partial charge in [-0.05, 0) is 49.2 Å². The van der Waals surface area contributed by atoms with Crippen molar-refractivity contribution < 1.29 is 8.42 Å². The van der Waals surface area contributed by atoms with Crippen molar-refractivity contribution in [3.63, 3.8) is 0 Å². The number of sulfonamides is 1. The second-order valence-electron chi connectivity index (χ2n) is 4.88. The van der Waals surface area contributed by atoms with Gasteiger partial charge in [0.15, 0.2) is 0 Å². The Morgan fingerprint density at radius 3 is 2.52 bits per heavy atom. The minimum Gasteiger partial charge on any atom is -0.324 e. The Labute approximate surface area is 133 Å². The molecule has 6 heteroatoms. The van der Waals surface area contributed by atoms with Gasteiger partial charge in [-0.15, -0.1) is 0 Å². The summed E-state index contributed by atoms with van der Waals surface area (Å²) in [5, 5.41) is 0. The van der Waals surface area contributed by atoms with Gasteiger partial charge in [-0.25, -0.2) is 8.42 Å². The standard InChI is InChI=1S/C15H17BrN2O2S/c1-10-14(16)7-4-8-15(10)18-21(19,20)13-6-3-5-12(9-13)11(2)17/h3-9,11,18H,17H2,1-2H3. The summed E-state index contributed by atoms with van der Waals surface area (Å²) in [4.78, 5) is 0.205. The van der Waals surface area contributed by atoms with Crippen molar-refractivity contribution in [3.8, 4) is 0 Å². The summed E-state index contributed by atoms with van der Waals surface area (Å²) in [6.07, 6.45) is 0. The van der Waals surface area contributed by atoms with Crippen molar-refractivity contribution in [2.24, 2.45) is 5.73 Å². The highest BCUT2D eigenvalue weighted by atomic mass is 79.9. The molecule has 0 aromatic heterocycles. The Morgan fingerprint density at radius 2 is 1.86 bits per heavy atom. The molecule has 0 aliphatic heterocycles. The first-order valence-electron chi connectivity index (χ1n) is 6.45. The van der Waals surface area contributed by atoms with Crippen molar-refractivity contribution in [3.05, 3.63) is 58.1 Å². The van der Waals surface area contributed by atoms with Gasteiger partial charge in [0.05, 0.1) is 10.6 Å². The van der Waals surface area contributed by atoms with Crippen molar-refractivity contribution in [2.75, 3.05) is 4.72 Å². The van der Waals surface area contributed by atoms with Gasteiger partial charge in [0, 0.05) is 10.5 Å². The maximum absolute atomic E-state index is 12.5. The molecule has 0 bridgehead atoms. The van der Waals surface area contributed by atoms with Gasteiger partial charge < -0.3 is 5.73 Å². The summed E-state index contributed by atoms with van der Waals surface area (Å²) in [5.74, 6) is 0. The van der Waals surface area contributed by atoms with Crippen LogP contribution >= 0.6 is 15.9 Å². The Balaban J connectivity index is 2.39. The minimum atomic E-state index is -3.63. The predicted molar refractivity (Wildman–Crippen MR) is 88.7 cm³/mol. The first-order chi connectivity index (χ1) is 9.81. The van der Waals surface area contributed by atoms with E-state index in [1.807, 2.05) is 26.0 Å². The van der Waals surface area contributed by atoms with Crippen molar-refractivity contribution in [1.82, 2.24) is 0 Å². The maximum Gasteiger partial charge on any atom is 0.261 e. The molecule has 0 fully saturated rings. The number of hydrogen-bond acceptors (Lipinski definition) is 3. The summed E-state index contributed by atoms with van der Waals surface area (Å²) < 4.78 is 28.4. The predicted octanol–water partition coefficient (Wildman–Crippen LogP) is 3.58. The van der Waals surface area contributed by atoms with Crippen LogP contribution in [0, 0.1) is 6.92 Å². The lowest BCUT2D eigenvalue weighted by Crippen LogP contribution is -2.15. The van der Waals surface area contributed by atoms with Crippen LogP contribution < -0.4 is 10.5 Å². The molecule has 2 aromatic carbocycles. The third-order valence-corrected chi connectivity index (χ3v) is 5.43. The molecule has 4 nitrogen and oxygen atoms in total. The molecule has 3 N–H and O–H groups in total. The Morgan fingerprint density at radius 1 is 1.19 bits per heavy atom. The van der Waals surface area contributed by atoms with E-state index in [9.17, 15) is 8.42 Å². The van der Waals surface area contributed by atoms with Gasteiger partial charge in [0.2, 0.25) is 0 Å². The molecule has 2 rings (SSSR count). The third kappa shape index (κ3) is 3.64. The zero-order valence-electron chi connectivity index (χ0n) is 11.8. The first-order valence-corrected chi connectivity index (χ1v) is 8.72. The van der Waals surface area contributed by atoms with Crippen molar-refractivity contribution >= 4 is 31.6 Å². The summed E-state index contributed by atoms with van der Waals surface area (Å²) >= 11 is 3.39. The molecule has 0 aliphatic carbocycles. The number of nitrogens with two attached hydrogens (primary N) is 1. The van der Waals surface area contributed by atoms with Crippen LogP contribution in [0.25, 0.3) is 0 Å². The summed E-state index contributed by atoms with van der Waals surface area (Å²) in [5.41, 5.74) is 7.97. The third-order valence-electron chi connectivity index (χ3n) is 3.21. The van der Waals surface area contributed by atoms with Crippen molar-refractivity contribution in [2.45, 2.75) is 24.8 Å². The lowest BCUT2D eigenvalue weighted by molar-refractivity contribution is 0.601. The quantitative estimate of drug-likeness (QED) is 0.865. The Bertz CT molecular complexity index is 758. The van der Waals surface area contributed by atoms with E-state index in [0.717, 1.165) is 15.6 Å². The monoisotopic (exact) mass is 368 g/mol. The van der Waals surface area contributed by atoms with E-state index in [-0.39, 0.29) is 10.9 Å². The van der Waals surface area contributed by atoms with Crippen LogP contribution in [0.2, 0.25) is 0 Å². The molecular weight excluding hydrogens is 352 g/mol. The summed E-state index contributed by atoms with van der Waals surface area (Å²) in [7, 11) is -3.63. The smallest absolute Gasteiger partial charge is 0.261 e. The van der Waals surface area contributed by atoms with E-state index < -0.39 is 10.0 Å². The number of hydrogen-bond donors (Lipinski definition) is 2. The topological polar surface area (TPSA) is 72.2 Å². The molecule has 0 spiro atoms. The van der Waals surface area contributed by atoms with E-state index >= 15 is 0 Å². The Hall–Kier alpha value is -1.37. The zero-order valence-corrected chi connectivity index (χ0v) is 14.2. The highest BCUT2D eigenvalue weighted by molar-refractivity contribution is 9.10. The highest BCUT2D eigenvalue weighted by Crippen LogP contribution is 2.26. The van der Waals surface area contributed by atoms with Gasteiger partial charge in [-0.1, -0.05) is 34.1 Å². The Kier molecular flexibility index (Phi) is 4.70. The highest BCUT2D eigenvalue weighted by Gasteiger charge is 2.16. The van der Waals surface area contributed by atoms with Crippen LogP contribution in [0.5, 0.6) is 0 Å². The van der Waals surface area contributed by atoms with E-state index in [4.69, 9.17) is 5.73 Å². The number of benzene rings is 2. The first kappa shape index (κ1) is 16.0. The molecule has 1 atom stereocenters. The van der Waals surface area contributed by atoms with Crippen LogP contribution in [0.15, 0.2) is 51.8 Å². The number of anilines is 1. The lowest BCUT2D eigenvalue weighted by Gasteiger charge is -2.13. The largest absolute Gasteiger partial charge is 0.324 e. The summed E-state index contributed by atoms with van der Waals surface area (Å²) in [6.45, 7) is 3.66. The van der Waals surface area contributed by atoms with E-state index in [2.05, 4.69) is 20.7 Å². The second kappa shape index (κ2) is 6.17. The van der Waals surface area contributed by atoms with Gasteiger partial charge >= 0.3 is 0 Å². The fourth-order valence-electron chi connectivity index (χ4n) is 1.89.